The van der Waals surface area contributed by atoms with Crippen LogP contribution in [0.2, 0.25) is 0 Å². The molecular formula is C76H130O6. The minimum absolute atomic E-state index is 0.0971. The fourth-order valence-corrected chi connectivity index (χ4v) is 9.78. The second kappa shape index (κ2) is 69.6. The van der Waals surface area contributed by atoms with E-state index >= 15 is 0 Å². The largest absolute Gasteiger partial charge is 0.462 e. The van der Waals surface area contributed by atoms with Gasteiger partial charge in [-0.3, -0.25) is 14.4 Å². The highest BCUT2D eigenvalue weighted by Crippen LogP contribution is 2.17. The average molecular weight is 1140 g/mol. The van der Waals surface area contributed by atoms with Crippen LogP contribution < -0.4 is 0 Å². The highest BCUT2D eigenvalue weighted by Gasteiger charge is 2.19. The van der Waals surface area contributed by atoms with Crippen molar-refractivity contribution in [2.45, 2.75) is 341 Å². The third-order valence-corrected chi connectivity index (χ3v) is 15.0. The normalized spacial score (nSPS) is 12.8. The van der Waals surface area contributed by atoms with Crippen LogP contribution in [0, 0.1) is 0 Å². The molecule has 0 amide bonds. The van der Waals surface area contributed by atoms with E-state index in [1.807, 2.05) is 0 Å². The SMILES string of the molecule is CC/C=C\C/C=C\C/C=C\C/C=C\C/C=C\CCCC(=O)OCC(COC(=O)CCCCCCCCCCCCCCCC/C=C\C/C=C\C/C=C\CCCCCCC)OC(=O)CCCCCCCCC/C=C\CCCCCCCCC. The number of esters is 3. The number of hydrogen-bond acceptors (Lipinski definition) is 6. The Bertz CT molecular complexity index is 1640. The Hall–Kier alpha value is -3.93. The maximum absolute atomic E-state index is 12.9. The Morgan fingerprint density at radius 3 is 0.805 bits per heavy atom. The molecule has 0 aliphatic rings. The van der Waals surface area contributed by atoms with E-state index in [0.717, 1.165) is 89.9 Å². The average Bonchev–Trinajstić information content (AvgIpc) is 3.47. The summed E-state index contributed by atoms with van der Waals surface area (Å²) in [6.07, 6.45) is 95.5. The smallest absolute Gasteiger partial charge is 0.306 e. The van der Waals surface area contributed by atoms with Gasteiger partial charge >= 0.3 is 17.9 Å². The predicted octanol–water partition coefficient (Wildman–Crippen LogP) is 24.2. The maximum atomic E-state index is 12.9. The van der Waals surface area contributed by atoms with Crippen LogP contribution in [0.3, 0.4) is 0 Å². The number of hydrogen-bond donors (Lipinski definition) is 0. The summed E-state index contributed by atoms with van der Waals surface area (Å²) in [4.78, 5) is 38.4. The van der Waals surface area contributed by atoms with E-state index in [2.05, 4.69) is 130 Å². The summed E-state index contributed by atoms with van der Waals surface area (Å²) in [5.41, 5.74) is 0. The summed E-state index contributed by atoms with van der Waals surface area (Å²) in [7, 11) is 0. The predicted molar refractivity (Wildman–Crippen MR) is 357 cm³/mol. The van der Waals surface area contributed by atoms with E-state index in [0.29, 0.717) is 19.3 Å². The van der Waals surface area contributed by atoms with Crippen LogP contribution in [0.4, 0.5) is 0 Å². The molecule has 0 radical (unpaired) electrons. The van der Waals surface area contributed by atoms with Crippen LogP contribution in [-0.4, -0.2) is 37.2 Å². The minimum atomic E-state index is -0.807. The first-order chi connectivity index (χ1) is 40.5. The minimum Gasteiger partial charge on any atom is -0.462 e. The Kier molecular flexibility index (Phi) is 66.2. The molecule has 0 aliphatic heterocycles. The summed E-state index contributed by atoms with van der Waals surface area (Å²) in [6.45, 7) is 6.49. The molecule has 6 heteroatoms. The van der Waals surface area contributed by atoms with Gasteiger partial charge in [0.1, 0.15) is 13.2 Å². The van der Waals surface area contributed by atoms with Gasteiger partial charge in [0.25, 0.3) is 0 Å². The summed E-state index contributed by atoms with van der Waals surface area (Å²) < 4.78 is 16.9. The molecule has 0 aromatic heterocycles. The van der Waals surface area contributed by atoms with Crippen molar-refractivity contribution in [2.75, 3.05) is 13.2 Å². The monoisotopic (exact) mass is 1140 g/mol. The van der Waals surface area contributed by atoms with E-state index in [1.165, 1.54) is 199 Å². The van der Waals surface area contributed by atoms with Crippen LogP contribution in [0.15, 0.2) is 109 Å². The first kappa shape index (κ1) is 78.1. The number of rotatable bonds is 63. The van der Waals surface area contributed by atoms with Gasteiger partial charge in [0.15, 0.2) is 6.10 Å². The fourth-order valence-electron chi connectivity index (χ4n) is 9.78. The molecule has 0 aromatic rings. The van der Waals surface area contributed by atoms with Crippen molar-refractivity contribution in [1.29, 1.82) is 0 Å². The van der Waals surface area contributed by atoms with Gasteiger partial charge < -0.3 is 14.2 Å². The number of carbonyl (C=O) groups excluding carboxylic acids is 3. The van der Waals surface area contributed by atoms with Crippen LogP contribution in [0.25, 0.3) is 0 Å². The fraction of sp³-hybridized carbons (Fsp3) is 0.724. The standard InChI is InChI=1S/C76H130O6/c1-4-7-10-13-16-19-22-25-28-31-33-34-35-36-37-38-39-40-41-42-43-46-48-51-54-57-60-63-66-69-75(78)81-72-73(71-80-74(77)68-65-62-59-56-53-50-47-44-30-27-24-21-18-15-12-9-6-3)82-76(79)70-67-64-61-58-55-52-49-45-32-29-26-23-20-17-14-11-8-5-2/h9,12,18,21-22,25,27,29-33,35-36,47,50,56,59,73H,4-8,10-11,13-17,19-20,23-24,26,28,34,37-46,48-49,51-55,57-58,60-72H2,1-3H3/b12-9-,21-18-,25-22-,30-27-,32-29-,33-31-,36-35-,50-47-,59-56-. The molecular weight excluding hydrogens is 1010 g/mol. The number of allylic oxidation sites excluding steroid dienone is 18. The lowest BCUT2D eigenvalue weighted by molar-refractivity contribution is -0.167. The summed E-state index contributed by atoms with van der Waals surface area (Å²) >= 11 is 0. The number of carbonyl (C=O) groups is 3. The van der Waals surface area contributed by atoms with Gasteiger partial charge in [0.05, 0.1) is 0 Å². The van der Waals surface area contributed by atoms with E-state index in [-0.39, 0.29) is 37.5 Å². The second-order valence-corrected chi connectivity index (χ2v) is 23.1. The van der Waals surface area contributed by atoms with Crippen molar-refractivity contribution in [3.63, 3.8) is 0 Å². The van der Waals surface area contributed by atoms with Crippen LogP contribution >= 0.6 is 0 Å². The van der Waals surface area contributed by atoms with Gasteiger partial charge in [-0.25, -0.2) is 0 Å². The molecule has 0 aliphatic carbocycles. The molecule has 470 valence electrons. The lowest BCUT2D eigenvalue weighted by Crippen LogP contribution is -2.30. The molecule has 0 aromatic carbocycles. The van der Waals surface area contributed by atoms with Gasteiger partial charge in [0, 0.05) is 19.3 Å². The summed E-state index contributed by atoms with van der Waals surface area (Å²) in [5, 5.41) is 0. The lowest BCUT2D eigenvalue weighted by atomic mass is 10.0. The highest BCUT2D eigenvalue weighted by molar-refractivity contribution is 5.71. The molecule has 0 N–H and O–H groups in total. The number of unbranched alkanes of at least 4 members (excludes halogenated alkanes) is 34. The molecule has 0 spiro atoms. The zero-order chi connectivity index (χ0) is 59.2. The van der Waals surface area contributed by atoms with Gasteiger partial charge in [-0.1, -0.05) is 304 Å². The van der Waals surface area contributed by atoms with Crippen molar-refractivity contribution in [1.82, 2.24) is 0 Å². The topological polar surface area (TPSA) is 78.9 Å². The van der Waals surface area contributed by atoms with Gasteiger partial charge in [-0.2, -0.15) is 0 Å². The Morgan fingerprint density at radius 1 is 0.256 bits per heavy atom. The van der Waals surface area contributed by atoms with E-state index < -0.39 is 6.10 Å². The molecule has 0 rings (SSSR count). The maximum Gasteiger partial charge on any atom is 0.306 e. The van der Waals surface area contributed by atoms with Crippen LogP contribution in [0.1, 0.15) is 335 Å². The third-order valence-electron chi connectivity index (χ3n) is 15.0. The van der Waals surface area contributed by atoms with Gasteiger partial charge in [0.2, 0.25) is 0 Å². The van der Waals surface area contributed by atoms with E-state index in [9.17, 15) is 14.4 Å². The first-order valence-corrected chi connectivity index (χ1v) is 34.9. The first-order valence-electron chi connectivity index (χ1n) is 34.9. The Labute approximate surface area is 508 Å². The molecule has 0 saturated heterocycles. The highest BCUT2D eigenvalue weighted by atomic mass is 16.6. The Morgan fingerprint density at radius 2 is 0.488 bits per heavy atom. The van der Waals surface area contributed by atoms with Crippen molar-refractivity contribution in [2.24, 2.45) is 0 Å². The second-order valence-electron chi connectivity index (χ2n) is 23.1. The van der Waals surface area contributed by atoms with Gasteiger partial charge in [-0.15, -0.1) is 0 Å². The molecule has 0 heterocycles. The molecule has 6 nitrogen and oxygen atoms in total. The Balaban J connectivity index is 4.35. The quantitative estimate of drug-likeness (QED) is 0.0261. The third kappa shape index (κ3) is 66.9. The molecule has 1 unspecified atom stereocenters. The van der Waals surface area contributed by atoms with E-state index in [4.69, 9.17) is 14.2 Å². The summed E-state index contributed by atoms with van der Waals surface area (Å²) in [6, 6.07) is 0. The summed E-state index contributed by atoms with van der Waals surface area (Å²) in [5.74, 6) is -0.951. The zero-order valence-corrected chi connectivity index (χ0v) is 54.0. The van der Waals surface area contributed by atoms with E-state index in [1.54, 1.807) is 0 Å². The van der Waals surface area contributed by atoms with Crippen LogP contribution in [0.5, 0.6) is 0 Å². The van der Waals surface area contributed by atoms with Crippen molar-refractivity contribution in [3.8, 4) is 0 Å². The van der Waals surface area contributed by atoms with Crippen LogP contribution in [-0.2, 0) is 28.6 Å². The zero-order valence-electron chi connectivity index (χ0n) is 54.0. The van der Waals surface area contributed by atoms with Gasteiger partial charge in [-0.05, 0) is 122 Å². The van der Waals surface area contributed by atoms with Crippen molar-refractivity contribution in [3.05, 3.63) is 109 Å². The van der Waals surface area contributed by atoms with Crippen molar-refractivity contribution >= 4 is 17.9 Å². The molecule has 0 fully saturated rings. The molecule has 82 heavy (non-hydrogen) atoms. The lowest BCUT2D eigenvalue weighted by Gasteiger charge is -2.18. The number of ether oxygens (including phenoxy) is 3. The molecule has 1 atom stereocenters. The van der Waals surface area contributed by atoms with Crippen molar-refractivity contribution < 1.29 is 28.6 Å². The molecule has 0 bridgehead atoms. The molecule has 0 saturated carbocycles.